The van der Waals surface area contributed by atoms with Crippen LogP contribution in [0.2, 0.25) is 0 Å². The molecule has 1 aromatic carbocycles. The summed E-state index contributed by atoms with van der Waals surface area (Å²) in [6.45, 7) is 8.63. The van der Waals surface area contributed by atoms with Crippen molar-refractivity contribution in [1.29, 1.82) is 0 Å². The van der Waals surface area contributed by atoms with Gasteiger partial charge in [0.2, 0.25) is 0 Å². The normalized spacial score (nSPS) is 12.5. The van der Waals surface area contributed by atoms with E-state index in [1.807, 2.05) is 13.0 Å². The van der Waals surface area contributed by atoms with Gasteiger partial charge in [-0.1, -0.05) is 24.3 Å². The maximum atomic E-state index is 13.4. The van der Waals surface area contributed by atoms with Crippen LogP contribution in [0.15, 0.2) is 30.4 Å². The molecule has 0 saturated heterocycles. The number of hydrogen-bond acceptors (Lipinski definition) is 2. The highest BCUT2D eigenvalue weighted by Crippen LogP contribution is 2.16. The maximum Gasteiger partial charge on any atom is 0.126 e. The molecule has 1 unspecified atom stereocenters. The molecular formula is C13H19FN2. The molecule has 0 bridgehead atoms. The van der Waals surface area contributed by atoms with Crippen molar-refractivity contribution in [3.8, 4) is 0 Å². The van der Waals surface area contributed by atoms with Gasteiger partial charge < -0.3 is 11.1 Å². The Labute approximate surface area is 96.4 Å². The number of nitrogens with one attached hydrogen (secondary N) is 1. The van der Waals surface area contributed by atoms with Crippen LogP contribution in [0.4, 0.5) is 4.39 Å². The molecule has 0 aliphatic heterocycles. The number of rotatable bonds is 5. The number of aryl methyl sites for hydroxylation is 1. The van der Waals surface area contributed by atoms with Crippen LogP contribution in [-0.2, 0) is 0 Å². The first kappa shape index (κ1) is 12.9. The Balaban J connectivity index is 2.78. The van der Waals surface area contributed by atoms with Gasteiger partial charge >= 0.3 is 0 Å². The van der Waals surface area contributed by atoms with Crippen LogP contribution in [0.25, 0.3) is 0 Å². The van der Waals surface area contributed by atoms with E-state index >= 15 is 0 Å². The third-order valence-electron chi connectivity index (χ3n) is 2.48. The van der Waals surface area contributed by atoms with E-state index in [9.17, 15) is 4.39 Å². The van der Waals surface area contributed by atoms with Crippen LogP contribution >= 0.6 is 0 Å². The molecule has 1 atom stereocenters. The third kappa shape index (κ3) is 3.43. The van der Waals surface area contributed by atoms with Crippen LogP contribution in [-0.4, -0.2) is 13.1 Å². The van der Waals surface area contributed by atoms with Gasteiger partial charge in [-0.25, -0.2) is 4.39 Å². The first-order valence-corrected chi connectivity index (χ1v) is 5.38. The van der Waals surface area contributed by atoms with Crippen molar-refractivity contribution < 1.29 is 4.39 Å². The Bertz CT molecular complexity index is 374. The Morgan fingerprint density at radius 3 is 2.75 bits per heavy atom. The van der Waals surface area contributed by atoms with Crippen molar-refractivity contribution in [2.75, 3.05) is 13.1 Å². The molecule has 0 fully saturated rings. The largest absolute Gasteiger partial charge is 0.329 e. The lowest BCUT2D eigenvalue weighted by Gasteiger charge is -2.17. The third-order valence-corrected chi connectivity index (χ3v) is 2.48. The molecule has 0 spiro atoms. The summed E-state index contributed by atoms with van der Waals surface area (Å²) in [5, 5.41) is 3.24. The van der Waals surface area contributed by atoms with E-state index in [-0.39, 0.29) is 11.9 Å². The molecule has 16 heavy (non-hydrogen) atoms. The predicted molar refractivity (Wildman–Crippen MR) is 65.7 cm³/mol. The average molecular weight is 222 g/mol. The molecule has 1 rings (SSSR count). The fraction of sp³-hybridized carbons (Fsp3) is 0.385. The van der Waals surface area contributed by atoms with Gasteiger partial charge in [0, 0.05) is 19.1 Å². The summed E-state index contributed by atoms with van der Waals surface area (Å²) in [4.78, 5) is 0. The summed E-state index contributed by atoms with van der Waals surface area (Å²) in [7, 11) is 0. The summed E-state index contributed by atoms with van der Waals surface area (Å²) in [6, 6.07) is 5.20. The Kier molecular flexibility index (Phi) is 4.65. The zero-order valence-corrected chi connectivity index (χ0v) is 9.89. The van der Waals surface area contributed by atoms with E-state index in [0.29, 0.717) is 18.7 Å². The van der Waals surface area contributed by atoms with Gasteiger partial charge in [-0.05, 0) is 31.0 Å². The average Bonchev–Trinajstić information content (AvgIpc) is 2.23. The zero-order chi connectivity index (χ0) is 12.1. The van der Waals surface area contributed by atoms with E-state index in [1.54, 1.807) is 13.0 Å². The number of hydrogen-bond donors (Lipinski definition) is 2. The minimum absolute atomic E-state index is 0.0215. The van der Waals surface area contributed by atoms with Crippen molar-refractivity contribution >= 4 is 0 Å². The summed E-state index contributed by atoms with van der Waals surface area (Å²) in [5.74, 6) is -0.187. The molecule has 88 valence electrons. The smallest absolute Gasteiger partial charge is 0.126 e. The lowest BCUT2D eigenvalue weighted by Crippen LogP contribution is -2.29. The Morgan fingerprint density at radius 2 is 2.25 bits per heavy atom. The Morgan fingerprint density at radius 1 is 1.56 bits per heavy atom. The summed E-state index contributed by atoms with van der Waals surface area (Å²) in [6.07, 6.45) is 0. The quantitative estimate of drug-likeness (QED) is 0.750. The number of benzene rings is 1. The van der Waals surface area contributed by atoms with E-state index < -0.39 is 0 Å². The second-order valence-electron chi connectivity index (χ2n) is 4.13. The van der Waals surface area contributed by atoms with Crippen molar-refractivity contribution in [1.82, 2.24) is 5.32 Å². The fourth-order valence-electron chi connectivity index (χ4n) is 1.46. The second kappa shape index (κ2) is 5.77. The van der Waals surface area contributed by atoms with Crippen LogP contribution in [0.3, 0.4) is 0 Å². The van der Waals surface area contributed by atoms with Gasteiger partial charge in [0.05, 0.1) is 0 Å². The van der Waals surface area contributed by atoms with Gasteiger partial charge in [-0.2, -0.15) is 0 Å². The van der Waals surface area contributed by atoms with Crippen LogP contribution in [0, 0.1) is 12.7 Å². The summed E-state index contributed by atoms with van der Waals surface area (Å²) < 4.78 is 13.4. The summed E-state index contributed by atoms with van der Waals surface area (Å²) in [5.41, 5.74) is 8.23. The summed E-state index contributed by atoms with van der Waals surface area (Å²) >= 11 is 0. The SMILES string of the molecule is C=C(C)CNC(CN)c1ccc(C)c(F)c1. The zero-order valence-electron chi connectivity index (χ0n) is 9.89. The highest BCUT2D eigenvalue weighted by atomic mass is 19.1. The van der Waals surface area contributed by atoms with Crippen molar-refractivity contribution in [2.45, 2.75) is 19.9 Å². The molecule has 1 aromatic rings. The molecular weight excluding hydrogens is 203 g/mol. The van der Waals surface area contributed by atoms with Crippen LogP contribution in [0.5, 0.6) is 0 Å². The fourth-order valence-corrected chi connectivity index (χ4v) is 1.46. The maximum absolute atomic E-state index is 13.4. The highest BCUT2D eigenvalue weighted by molar-refractivity contribution is 5.26. The molecule has 0 saturated carbocycles. The Hall–Kier alpha value is -1.19. The molecule has 0 aliphatic rings. The van der Waals surface area contributed by atoms with E-state index in [2.05, 4.69) is 11.9 Å². The molecule has 0 aromatic heterocycles. The van der Waals surface area contributed by atoms with Gasteiger partial charge in [-0.15, -0.1) is 0 Å². The second-order valence-corrected chi connectivity index (χ2v) is 4.13. The molecule has 0 heterocycles. The van der Waals surface area contributed by atoms with Crippen LogP contribution < -0.4 is 11.1 Å². The molecule has 3 N–H and O–H groups in total. The first-order chi connectivity index (χ1) is 7.54. The molecule has 0 radical (unpaired) electrons. The topological polar surface area (TPSA) is 38.0 Å². The van der Waals surface area contributed by atoms with E-state index in [0.717, 1.165) is 11.1 Å². The van der Waals surface area contributed by atoms with Crippen molar-refractivity contribution in [2.24, 2.45) is 5.73 Å². The van der Waals surface area contributed by atoms with Crippen molar-refractivity contribution in [3.05, 3.63) is 47.3 Å². The molecule has 0 amide bonds. The molecule has 2 nitrogen and oxygen atoms in total. The van der Waals surface area contributed by atoms with Crippen LogP contribution in [0.1, 0.15) is 24.1 Å². The van der Waals surface area contributed by atoms with Gasteiger partial charge in [0.15, 0.2) is 0 Å². The van der Waals surface area contributed by atoms with Gasteiger partial charge in [-0.3, -0.25) is 0 Å². The number of nitrogens with two attached hydrogens (primary N) is 1. The first-order valence-electron chi connectivity index (χ1n) is 5.38. The highest BCUT2D eigenvalue weighted by Gasteiger charge is 2.10. The lowest BCUT2D eigenvalue weighted by atomic mass is 10.0. The minimum Gasteiger partial charge on any atom is -0.329 e. The van der Waals surface area contributed by atoms with Crippen molar-refractivity contribution in [3.63, 3.8) is 0 Å². The number of halogens is 1. The van der Waals surface area contributed by atoms with Gasteiger partial charge in [0.25, 0.3) is 0 Å². The van der Waals surface area contributed by atoms with E-state index in [4.69, 9.17) is 5.73 Å². The monoisotopic (exact) mass is 222 g/mol. The lowest BCUT2D eigenvalue weighted by molar-refractivity contribution is 0.558. The predicted octanol–water partition coefficient (Wildman–Crippen LogP) is 2.30. The minimum atomic E-state index is -0.187. The molecule has 3 heteroatoms. The standard InChI is InChI=1S/C13H19FN2/c1-9(2)8-16-13(7-15)11-5-4-10(3)12(14)6-11/h4-6,13,16H,1,7-8,15H2,2-3H3. The molecule has 0 aliphatic carbocycles. The van der Waals surface area contributed by atoms with E-state index in [1.165, 1.54) is 6.07 Å². The van der Waals surface area contributed by atoms with Gasteiger partial charge in [0.1, 0.15) is 5.82 Å².